The van der Waals surface area contributed by atoms with E-state index < -0.39 is 0 Å². The Hall–Kier alpha value is -4.18. The van der Waals surface area contributed by atoms with Gasteiger partial charge in [-0.15, -0.1) is 10.2 Å². The number of fused-ring (bicyclic) bond motifs is 2. The Bertz CT molecular complexity index is 1530. The van der Waals surface area contributed by atoms with Gasteiger partial charge in [-0.25, -0.2) is 0 Å². The van der Waals surface area contributed by atoms with Crippen LogP contribution in [0, 0.1) is 13.8 Å². The molecule has 0 radical (unpaired) electrons. The monoisotopic (exact) mass is 530 g/mol. The second-order valence-corrected chi connectivity index (χ2v) is 9.46. The molecule has 0 saturated carbocycles. The van der Waals surface area contributed by atoms with Gasteiger partial charge in [0.05, 0.1) is 5.69 Å². The van der Waals surface area contributed by atoms with E-state index in [4.69, 9.17) is 31.9 Å². The largest absolute Gasteiger partial charge is 0.486 e. The van der Waals surface area contributed by atoms with Crippen LogP contribution in [0.2, 0.25) is 0 Å². The molecule has 9 nitrogen and oxygen atoms in total. The Kier molecular flexibility index (Phi) is 7.15. The molecular weight excluding hydrogens is 500 g/mol. The number of anilines is 2. The second-order valence-electron chi connectivity index (χ2n) is 9.06. The lowest BCUT2D eigenvalue weighted by atomic mass is 10.1. The average molecular weight is 531 g/mol. The predicted octanol–water partition coefficient (Wildman–Crippen LogP) is 4.78. The van der Waals surface area contributed by atoms with Gasteiger partial charge in [0, 0.05) is 30.0 Å². The van der Waals surface area contributed by atoms with Gasteiger partial charge in [0.25, 0.3) is 5.91 Å². The topological polar surface area (TPSA) is 93.5 Å². The summed E-state index contributed by atoms with van der Waals surface area (Å²) >= 11 is 5.42. The Morgan fingerprint density at radius 1 is 0.947 bits per heavy atom. The number of benzene rings is 3. The van der Waals surface area contributed by atoms with Crippen LogP contribution in [0.5, 0.6) is 11.5 Å². The predicted molar refractivity (Wildman–Crippen MR) is 153 cm³/mol. The number of aromatic nitrogens is 3. The Labute approximate surface area is 226 Å². The Balaban J connectivity index is 1.32. The van der Waals surface area contributed by atoms with Crippen LogP contribution in [-0.2, 0) is 0 Å². The maximum atomic E-state index is 12.8. The molecule has 0 aliphatic carbocycles. The van der Waals surface area contributed by atoms with Gasteiger partial charge in [-0.2, -0.15) is 4.80 Å². The van der Waals surface area contributed by atoms with Crippen molar-refractivity contribution in [1.82, 2.24) is 20.3 Å². The number of ether oxygens (including phenoxy) is 2. The SMILES string of the molecule is CCN(CC)c1ccc(-n2nc3cc(C)c(NC(=S)NC(=O)c4ccc5c(c4)OCCO5)cc3n2)c(C)c1. The van der Waals surface area contributed by atoms with Crippen molar-refractivity contribution >= 4 is 45.6 Å². The van der Waals surface area contributed by atoms with Gasteiger partial charge in [-0.3, -0.25) is 10.1 Å². The summed E-state index contributed by atoms with van der Waals surface area (Å²) in [6.07, 6.45) is 0. The van der Waals surface area contributed by atoms with Crippen LogP contribution in [0.1, 0.15) is 35.3 Å². The van der Waals surface area contributed by atoms with Gasteiger partial charge < -0.3 is 19.7 Å². The summed E-state index contributed by atoms with van der Waals surface area (Å²) in [6.45, 7) is 11.2. The minimum Gasteiger partial charge on any atom is -0.486 e. The standard InChI is InChI=1S/C28H30N6O3S/c1-5-33(6-2)20-8-9-24(18(4)13-20)34-31-22-14-17(3)21(16-23(22)32-34)29-28(38)30-27(35)19-7-10-25-26(15-19)37-12-11-36-25/h7-10,13-16H,5-6,11-12H2,1-4H3,(H2,29,30,35,38). The van der Waals surface area contributed by atoms with E-state index in [9.17, 15) is 4.79 Å². The van der Waals surface area contributed by atoms with Crippen molar-refractivity contribution in [2.45, 2.75) is 27.7 Å². The van der Waals surface area contributed by atoms with E-state index in [0.29, 0.717) is 35.8 Å². The zero-order valence-electron chi connectivity index (χ0n) is 21.9. The second kappa shape index (κ2) is 10.7. The summed E-state index contributed by atoms with van der Waals surface area (Å²) < 4.78 is 11.1. The third-order valence-electron chi connectivity index (χ3n) is 6.53. The van der Waals surface area contributed by atoms with Crippen LogP contribution in [-0.4, -0.2) is 52.3 Å². The number of aryl methyl sites for hydroxylation is 2. The zero-order chi connectivity index (χ0) is 26.8. The van der Waals surface area contributed by atoms with E-state index in [1.807, 2.05) is 19.1 Å². The molecule has 10 heteroatoms. The lowest BCUT2D eigenvalue weighted by molar-refractivity contribution is 0.0976. The van der Waals surface area contributed by atoms with Crippen LogP contribution in [0.3, 0.4) is 0 Å². The molecule has 38 heavy (non-hydrogen) atoms. The number of nitrogens with zero attached hydrogens (tertiary/aromatic N) is 4. The van der Waals surface area contributed by atoms with Crippen LogP contribution < -0.4 is 25.0 Å². The molecule has 0 unspecified atom stereocenters. The zero-order valence-corrected chi connectivity index (χ0v) is 22.7. The van der Waals surface area contributed by atoms with Gasteiger partial charge in [-0.1, -0.05) is 0 Å². The number of amides is 1. The summed E-state index contributed by atoms with van der Waals surface area (Å²) in [5.41, 5.74) is 6.77. The van der Waals surface area contributed by atoms with Gasteiger partial charge >= 0.3 is 0 Å². The molecule has 5 rings (SSSR count). The number of hydrogen-bond acceptors (Lipinski definition) is 7. The molecule has 1 amide bonds. The first-order valence-corrected chi connectivity index (χ1v) is 13.0. The fourth-order valence-corrected chi connectivity index (χ4v) is 4.68. The van der Waals surface area contributed by atoms with Crippen molar-refractivity contribution in [3.63, 3.8) is 0 Å². The molecule has 3 aromatic carbocycles. The number of nitrogens with one attached hydrogen (secondary N) is 2. The first-order valence-electron chi connectivity index (χ1n) is 12.6. The van der Waals surface area contributed by atoms with Crippen LogP contribution in [0.4, 0.5) is 11.4 Å². The molecule has 0 atom stereocenters. The van der Waals surface area contributed by atoms with Crippen LogP contribution in [0.15, 0.2) is 48.5 Å². The number of carbonyl (C=O) groups excluding carboxylic acids is 1. The molecule has 0 fully saturated rings. The van der Waals surface area contributed by atoms with E-state index in [2.05, 4.69) is 54.5 Å². The highest BCUT2D eigenvalue weighted by Crippen LogP contribution is 2.31. The average Bonchev–Trinajstić information content (AvgIpc) is 3.31. The minimum atomic E-state index is -0.340. The van der Waals surface area contributed by atoms with Crippen molar-refractivity contribution in [2.75, 3.05) is 36.5 Å². The Morgan fingerprint density at radius 3 is 2.37 bits per heavy atom. The first-order chi connectivity index (χ1) is 18.4. The van der Waals surface area contributed by atoms with E-state index in [1.165, 1.54) is 5.69 Å². The quantitative estimate of drug-likeness (QED) is 0.344. The van der Waals surface area contributed by atoms with Gasteiger partial charge in [0.1, 0.15) is 24.2 Å². The third kappa shape index (κ3) is 5.12. The lowest BCUT2D eigenvalue weighted by Gasteiger charge is -2.22. The van der Waals surface area contributed by atoms with Crippen molar-refractivity contribution in [3.8, 4) is 17.2 Å². The first kappa shape index (κ1) is 25.5. The third-order valence-corrected chi connectivity index (χ3v) is 6.73. The van der Waals surface area contributed by atoms with E-state index >= 15 is 0 Å². The minimum absolute atomic E-state index is 0.183. The molecule has 2 heterocycles. The maximum Gasteiger partial charge on any atom is 0.257 e. The van der Waals surface area contributed by atoms with E-state index in [0.717, 1.165) is 41.1 Å². The summed E-state index contributed by atoms with van der Waals surface area (Å²) in [4.78, 5) is 16.7. The molecule has 4 aromatic rings. The number of thiocarbonyl (C=S) groups is 1. The fourth-order valence-electron chi connectivity index (χ4n) is 4.47. The summed E-state index contributed by atoms with van der Waals surface area (Å²) in [6, 6.07) is 15.2. The fraction of sp³-hybridized carbons (Fsp3) is 0.286. The smallest absolute Gasteiger partial charge is 0.257 e. The number of carbonyl (C=O) groups is 1. The van der Waals surface area contributed by atoms with Crippen molar-refractivity contribution in [3.05, 3.63) is 65.2 Å². The molecule has 1 aromatic heterocycles. The van der Waals surface area contributed by atoms with Crippen LogP contribution in [0.25, 0.3) is 16.7 Å². The highest BCUT2D eigenvalue weighted by atomic mass is 32.1. The molecular formula is C28H30N6O3S. The summed E-state index contributed by atoms with van der Waals surface area (Å²) in [7, 11) is 0. The van der Waals surface area contributed by atoms with E-state index in [-0.39, 0.29) is 11.0 Å². The van der Waals surface area contributed by atoms with Crippen LogP contribution >= 0.6 is 12.2 Å². The normalized spacial score (nSPS) is 12.3. The molecule has 2 N–H and O–H groups in total. The number of rotatable bonds is 6. The van der Waals surface area contributed by atoms with Gasteiger partial charge in [-0.05, 0) is 99.6 Å². The van der Waals surface area contributed by atoms with Crippen molar-refractivity contribution < 1.29 is 14.3 Å². The molecule has 0 spiro atoms. The van der Waals surface area contributed by atoms with Crippen molar-refractivity contribution in [1.29, 1.82) is 0 Å². The van der Waals surface area contributed by atoms with Gasteiger partial charge in [0.2, 0.25) is 0 Å². The molecule has 196 valence electrons. The highest BCUT2D eigenvalue weighted by Gasteiger charge is 2.17. The van der Waals surface area contributed by atoms with Gasteiger partial charge in [0.15, 0.2) is 16.6 Å². The number of hydrogen-bond donors (Lipinski definition) is 2. The Morgan fingerprint density at radius 2 is 1.66 bits per heavy atom. The summed E-state index contributed by atoms with van der Waals surface area (Å²) in [5, 5.41) is 15.4. The lowest BCUT2D eigenvalue weighted by Crippen LogP contribution is -2.34. The molecule has 1 aliphatic rings. The van der Waals surface area contributed by atoms with Crippen molar-refractivity contribution in [2.24, 2.45) is 0 Å². The molecule has 0 bridgehead atoms. The molecule has 0 saturated heterocycles. The summed E-state index contributed by atoms with van der Waals surface area (Å²) in [5.74, 6) is 0.832. The highest BCUT2D eigenvalue weighted by molar-refractivity contribution is 7.80. The molecule has 1 aliphatic heterocycles. The van der Waals surface area contributed by atoms with E-state index in [1.54, 1.807) is 23.0 Å². The maximum absolute atomic E-state index is 12.8.